The zero-order valence-electron chi connectivity index (χ0n) is 8.39. The Hall–Kier alpha value is -0.420. The summed E-state index contributed by atoms with van der Waals surface area (Å²) in [5, 5.41) is 1.59. The van der Waals surface area contributed by atoms with Crippen molar-refractivity contribution in [3.8, 4) is 0 Å². The molecule has 72 valence electrons. The van der Waals surface area contributed by atoms with Gasteiger partial charge in [0.1, 0.15) is 5.82 Å². The molecule has 0 radical (unpaired) electrons. The Balaban J connectivity index is 2.69. The van der Waals surface area contributed by atoms with Gasteiger partial charge in [0.2, 0.25) is 0 Å². The molecule has 1 aromatic carbocycles. The van der Waals surface area contributed by atoms with E-state index in [9.17, 15) is 4.39 Å². The maximum atomic E-state index is 12.6. The average Bonchev–Trinajstić information content (AvgIpc) is 2.09. The lowest BCUT2D eigenvalue weighted by Crippen LogP contribution is -2.15. The summed E-state index contributed by atoms with van der Waals surface area (Å²) in [7, 11) is 0.761. The summed E-state index contributed by atoms with van der Waals surface area (Å²) in [6, 6.07) is 6.83. The van der Waals surface area contributed by atoms with Crippen molar-refractivity contribution in [2.24, 2.45) is 0 Å². The number of rotatable bonds is 3. The van der Waals surface area contributed by atoms with Crippen LogP contribution in [0.1, 0.15) is 27.2 Å². The number of hydrogen-bond donors (Lipinski definition) is 0. The van der Waals surface area contributed by atoms with E-state index in [0.29, 0.717) is 5.16 Å². The van der Waals surface area contributed by atoms with Gasteiger partial charge in [0, 0.05) is 0 Å². The fourth-order valence-corrected chi connectivity index (χ4v) is 2.30. The van der Waals surface area contributed by atoms with Gasteiger partial charge in [0.15, 0.2) is 0 Å². The van der Waals surface area contributed by atoms with Gasteiger partial charge in [-0.05, 0) is 29.0 Å². The van der Waals surface area contributed by atoms with E-state index in [1.807, 2.05) is 12.1 Å². The quantitative estimate of drug-likeness (QED) is 0.653. The van der Waals surface area contributed by atoms with E-state index in [1.54, 1.807) is 0 Å². The first-order valence-electron chi connectivity index (χ1n) is 4.57. The summed E-state index contributed by atoms with van der Waals surface area (Å²) in [4.78, 5) is 0. The lowest BCUT2D eigenvalue weighted by molar-refractivity contribution is 0.628. The van der Waals surface area contributed by atoms with Gasteiger partial charge in [-0.2, -0.15) is 0 Å². The normalized spacial score (nSPS) is 12.6. The highest BCUT2D eigenvalue weighted by molar-refractivity contribution is 7.48. The molecule has 0 heterocycles. The molecular weight excluding hydrogens is 182 g/mol. The molecule has 0 aliphatic heterocycles. The molecule has 1 atom stereocenters. The van der Waals surface area contributed by atoms with Crippen LogP contribution in [0.5, 0.6) is 0 Å². The molecule has 1 aromatic rings. The molecule has 0 nitrogen and oxygen atoms in total. The zero-order valence-corrected chi connectivity index (χ0v) is 9.39. The second-order valence-electron chi connectivity index (χ2n) is 3.87. The van der Waals surface area contributed by atoms with E-state index in [4.69, 9.17) is 0 Å². The van der Waals surface area contributed by atoms with Crippen LogP contribution < -0.4 is 5.30 Å². The first-order valence-corrected chi connectivity index (χ1v) is 5.57. The third kappa shape index (κ3) is 3.44. The topological polar surface area (TPSA) is 0 Å². The van der Waals surface area contributed by atoms with E-state index in [-0.39, 0.29) is 5.82 Å². The van der Waals surface area contributed by atoms with Crippen LogP contribution in [0.3, 0.4) is 0 Å². The molecule has 13 heavy (non-hydrogen) atoms. The van der Waals surface area contributed by atoms with Crippen molar-refractivity contribution < 1.29 is 4.39 Å². The summed E-state index contributed by atoms with van der Waals surface area (Å²) >= 11 is 0. The van der Waals surface area contributed by atoms with Crippen molar-refractivity contribution >= 4 is 13.9 Å². The van der Waals surface area contributed by atoms with Crippen molar-refractivity contribution in [3.63, 3.8) is 0 Å². The van der Waals surface area contributed by atoms with Crippen molar-refractivity contribution in [3.05, 3.63) is 30.1 Å². The predicted molar refractivity (Wildman–Crippen MR) is 58.7 cm³/mol. The highest BCUT2D eigenvalue weighted by atomic mass is 31.1. The Morgan fingerprint density at radius 1 is 1.23 bits per heavy atom. The van der Waals surface area contributed by atoms with Gasteiger partial charge in [0.25, 0.3) is 0 Å². The van der Waals surface area contributed by atoms with Crippen LogP contribution in [0.2, 0.25) is 0 Å². The molecule has 1 rings (SSSR count). The Bertz CT molecular complexity index is 264. The van der Waals surface area contributed by atoms with E-state index in [1.165, 1.54) is 17.4 Å². The molecule has 0 saturated carbocycles. The van der Waals surface area contributed by atoms with Crippen LogP contribution in [0, 0.1) is 5.82 Å². The Morgan fingerprint density at radius 3 is 2.23 bits per heavy atom. The Kier molecular flexibility index (Phi) is 3.44. The summed E-state index contributed by atoms with van der Waals surface area (Å²) in [5.74, 6) is -0.150. The molecule has 0 bridgehead atoms. The van der Waals surface area contributed by atoms with Gasteiger partial charge < -0.3 is 0 Å². The van der Waals surface area contributed by atoms with Gasteiger partial charge >= 0.3 is 0 Å². The molecule has 0 amide bonds. The molecule has 0 aliphatic carbocycles. The molecule has 0 saturated heterocycles. The maximum Gasteiger partial charge on any atom is 0.123 e. The van der Waals surface area contributed by atoms with Crippen LogP contribution in [0.15, 0.2) is 24.3 Å². The Labute approximate surface area is 81.3 Å². The summed E-state index contributed by atoms with van der Waals surface area (Å²) < 4.78 is 12.6. The first-order chi connectivity index (χ1) is 6.03. The van der Waals surface area contributed by atoms with Crippen LogP contribution in [-0.4, -0.2) is 5.16 Å². The van der Waals surface area contributed by atoms with E-state index >= 15 is 0 Å². The number of benzene rings is 1. The summed E-state index contributed by atoms with van der Waals surface area (Å²) in [5.41, 5.74) is 0. The molecular formula is C11H16FP. The monoisotopic (exact) mass is 198 g/mol. The highest BCUT2D eigenvalue weighted by Gasteiger charge is 2.15. The second-order valence-corrected chi connectivity index (χ2v) is 6.05. The average molecular weight is 198 g/mol. The second kappa shape index (κ2) is 4.19. The molecule has 2 heteroatoms. The standard InChI is InChI=1S/C11H16FP/c1-4-11(2,3)13-10-7-5-9(12)6-8-10/h5-8,13H,4H2,1-3H3. The van der Waals surface area contributed by atoms with Gasteiger partial charge in [-0.15, -0.1) is 0 Å². The van der Waals surface area contributed by atoms with Crippen LogP contribution in [0.25, 0.3) is 0 Å². The molecule has 1 unspecified atom stereocenters. The number of hydrogen-bond acceptors (Lipinski definition) is 0. The van der Waals surface area contributed by atoms with Crippen LogP contribution in [-0.2, 0) is 0 Å². The van der Waals surface area contributed by atoms with Crippen LogP contribution >= 0.6 is 8.58 Å². The van der Waals surface area contributed by atoms with Crippen molar-refractivity contribution in [2.75, 3.05) is 0 Å². The third-order valence-corrected chi connectivity index (χ3v) is 3.86. The van der Waals surface area contributed by atoms with E-state index in [2.05, 4.69) is 20.8 Å². The molecule has 0 aliphatic rings. The molecule has 0 fully saturated rings. The SMILES string of the molecule is CCC(C)(C)Pc1ccc(F)cc1. The van der Waals surface area contributed by atoms with Gasteiger partial charge in [-0.1, -0.05) is 41.5 Å². The minimum absolute atomic E-state index is 0.150. The third-order valence-electron chi connectivity index (χ3n) is 2.21. The van der Waals surface area contributed by atoms with Gasteiger partial charge in [-0.25, -0.2) is 4.39 Å². The van der Waals surface area contributed by atoms with Crippen molar-refractivity contribution in [2.45, 2.75) is 32.3 Å². The predicted octanol–water partition coefficient (Wildman–Crippen LogP) is 3.32. The summed E-state index contributed by atoms with van der Waals surface area (Å²) in [6.45, 7) is 6.68. The largest absolute Gasteiger partial charge is 0.207 e. The van der Waals surface area contributed by atoms with E-state index < -0.39 is 0 Å². The molecule has 0 N–H and O–H groups in total. The molecule has 0 aromatic heterocycles. The van der Waals surface area contributed by atoms with Gasteiger partial charge in [0.05, 0.1) is 0 Å². The fourth-order valence-electron chi connectivity index (χ4n) is 1.01. The summed E-state index contributed by atoms with van der Waals surface area (Å²) in [6.07, 6.45) is 1.16. The molecule has 0 spiro atoms. The minimum Gasteiger partial charge on any atom is -0.207 e. The lowest BCUT2D eigenvalue weighted by Gasteiger charge is -2.22. The fraction of sp³-hybridized carbons (Fsp3) is 0.455. The van der Waals surface area contributed by atoms with Crippen molar-refractivity contribution in [1.29, 1.82) is 0 Å². The highest BCUT2D eigenvalue weighted by Crippen LogP contribution is 2.33. The minimum atomic E-state index is -0.150. The van der Waals surface area contributed by atoms with Crippen LogP contribution in [0.4, 0.5) is 4.39 Å². The van der Waals surface area contributed by atoms with E-state index in [0.717, 1.165) is 15.0 Å². The van der Waals surface area contributed by atoms with Crippen molar-refractivity contribution in [1.82, 2.24) is 0 Å². The maximum absolute atomic E-state index is 12.6. The first kappa shape index (κ1) is 10.7. The smallest absolute Gasteiger partial charge is 0.123 e. The lowest BCUT2D eigenvalue weighted by atomic mass is 10.1. The number of halogens is 1. The zero-order chi connectivity index (χ0) is 9.90. The van der Waals surface area contributed by atoms with Gasteiger partial charge in [-0.3, -0.25) is 0 Å². The Morgan fingerprint density at radius 2 is 1.77 bits per heavy atom.